The molecule has 0 spiro atoms. The summed E-state index contributed by atoms with van der Waals surface area (Å²) in [5.41, 5.74) is 0. The summed E-state index contributed by atoms with van der Waals surface area (Å²) >= 11 is 0. The van der Waals surface area contributed by atoms with Crippen LogP contribution in [0.1, 0.15) is 97.3 Å². The molecule has 3 aromatic rings. The SMILES string of the molecule is CC(C)/C=C/CCCCCCCCCCCCCC[P+](c1ccccc1)(c1ccccc1)c1ccccc1.[Br-]. The second-order valence-electron chi connectivity index (χ2n) is 11.2. The van der Waals surface area contributed by atoms with E-state index in [9.17, 15) is 0 Å². The number of benzene rings is 3. The van der Waals surface area contributed by atoms with Crippen LogP contribution in [0.25, 0.3) is 0 Å². The second kappa shape index (κ2) is 20.2. The monoisotopic (exact) mass is 606 g/mol. The molecule has 0 nitrogen and oxygen atoms in total. The molecule has 0 amide bonds. The molecule has 0 radical (unpaired) electrons. The minimum Gasteiger partial charge on any atom is -1.00 e. The summed E-state index contributed by atoms with van der Waals surface area (Å²) < 4.78 is 0. The van der Waals surface area contributed by atoms with Gasteiger partial charge in [-0.05, 0) is 68.0 Å². The summed E-state index contributed by atoms with van der Waals surface area (Å²) in [7, 11) is -1.65. The summed E-state index contributed by atoms with van der Waals surface area (Å²) in [5.74, 6) is 0.697. The highest BCUT2D eigenvalue weighted by Crippen LogP contribution is 2.56. The maximum atomic E-state index is 2.37. The Labute approximate surface area is 251 Å². The van der Waals surface area contributed by atoms with Crippen molar-refractivity contribution >= 4 is 23.2 Å². The van der Waals surface area contributed by atoms with Gasteiger partial charge in [-0.3, -0.25) is 0 Å². The fraction of sp³-hybridized carbons (Fsp3) is 0.459. The van der Waals surface area contributed by atoms with Gasteiger partial charge in [0.1, 0.15) is 23.2 Å². The van der Waals surface area contributed by atoms with Gasteiger partial charge >= 0.3 is 0 Å². The van der Waals surface area contributed by atoms with Gasteiger partial charge in [0.25, 0.3) is 0 Å². The lowest BCUT2D eigenvalue weighted by molar-refractivity contribution is -0.00000789. The molecule has 0 aliphatic rings. The molecule has 212 valence electrons. The van der Waals surface area contributed by atoms with Crippen LogP contribution in [-0.4, -0.2) is 6.16 Å². The number of rotatable bonds is 19. The number of hydrogen-bond acceptors (Lipinski definition) is 0. The zero-order valence-electron chi connectivity index (χ0n) is 24.6. The molecule has 0 aromatic heterocycles. The van der Waals surface area contributed by atoms with Crippen LogP contribution < -0.4 is 32.9 Å². The second-order valence-corrected chi connectivity index (χ2v) is 14.9. The van der Waals surface area contributed by atoms with E-state index in [1.165, 1.54) is 106 Å². The van der Waals surface area contributed by atoms with E-state index in [0.717, 1.165) is 0 Å². The first-order valence-corrected chi connectivity index (χ1v) is 17.4. The molecule has 0 fully saturated rings. The van der Waals surface area contributed by atoms with E-state index in [4.69, 9.17) is 0 Å². The predicted molar refractivity (Wildman–Crippen MR) is 174 cm³/mol. The first-order chi connectivity index (χ1) is 18.7. The van der Waals surface area contributed by atoms with Crippen molar-refractivity contribution in [2.45, 2.75) is 97.3 Å². The third kappa shape index (κ3) is 11.8. The molecule has 2 heteroatoms. The Morgan fingerprint density at radius 2 is 0.821 bits per heavy atom. The summed E-state index contributed by atoms with van der Waals surface area (Å²) in [4.78, 5) is 0. The first-order valence-electron chi connectivity index (χ1n) is 15.4. The number of halogens is 1. The third-order valence-electron chi connectivity index (χ3n) is 7.73. The van der Waals surface area contributed by atoms with Gasteiger partial charge in [0.15, 0.2) is 0 Å². The molecule has 0 bridgehead atoms. The van der Waals surface area contributed by atoms with Crippen LogP contribution in [0.4, 0.5) is 0 Å². The van der Waals surface area contributed by atoms with Crippen molar-refractivity contribution in [1.29, 1.82) is 0 Å². The van der Waals surface area contributed by atoms with E-state index in [1.807, 2.05) is 0 Å². The van der Waals surface area contributed by atoms with E-state index in [0.29, 0.717) is 5.92 Å². The smallest absolute Gasteiger partial charge is 0.112 e. The normalized spacial score (nSPS) is 11.7. The molecular formula is C37H52BrP. The zero-order chi connectivity index (χ0) is 26.7. The van der Waals surface area contributed by atoms with E-state index in [-0.39, 0.29) is 17.0 Å². The number of allylic oxidation sites excluding steroid dienone is 2. The number of unbranched alkanes of at least 4 members (excludes halogenated alkanes) is 12. The summed E-state index contributed by atoms with van der Waals surface area (Å²) in [6.45, 7) is 4.51. The summed E-state index contributed by atoms with van der Waals surface area (Å²) in [6, 6.07) is 34.0. The Balaban J connectivity index is 0.00000533. The van der Waals surface area contributed by atoms with E-state index < -0.39 is 7.26 Å². The van der Waals surface area contributed by atoms with Gasteiger partial charge in [0.05, 0.1) is 6.16 Å². The van der Waals surface area contributed by atoms with Crippen molar-refractivity contribution in [2.75, 3.05) is 6.16 Å². The van der Waals surface area contributed by atoms with Gasteiger partial charge in [0.2, 0.25) is 0 Å². The van der Waals surface area contributed by atoms with Crippen LogP contribution in [-0.2, 0) is 0 Å². The molecule has 0 aliphatic heterocycles. The highest BCUT2D eigenvalue weighted by Gasteiger charge is 2.44. The Kier molecular flexibility index (Phi) is 17.4. The van der Waals surface area contributed by atoms with Gasteiger partial charge < -0.3 is 17.0 Å². The van der Waals surface area contributed by atoms with Crippen LogP contribution in [0, 0.1) is 5.92 Å². The minimum absolute atomic E-state index is 0. The molecule has 0 heterocycles. The van der Waals surface area contributed by atoms with Crippen molar-refractivity contribution in [3.05, 3.63) is 103 Å². The third-order valence-corrected chi connectivity index (χ3v) is 12.3. The average molecular weight is 608 g/mol. The molecule has 3 aromatic carbocycles. The maximum Gasteiger partial charge on any atom is 0.112 e. The maximum absolute atomic E-state index is 2.37. The van der Waals surface area contributed by atoms with Crippen molar-refractivity contribution in [3.8, 4) is 0 Å². The molecule has 0 atom stereocenters. The molecule has 39 heavy (non-hydrogen) atoms. The zero-order valence-corrected chi connectivity index (χ0v) is 27.1. The minimum atomic E-state index is -1.65. The quantitative estimate of drug-likeness (QED) is 0.0764. The lowest BCUT2D eigenvalue weighted by Gasteiger charge is -2.27. The Bertz CT molecular complexity index is 901. The topological polar surface area (TPSA) is 0 Å². The van der Waals surface area contributed by atoms with E-state index >= 15 is 0 Å². The van der Waals surface area contributed by atoms with Gasteiger partial charge in [-0.15, -0.1) is 0 Å². The molecule has 0 N–H and O–H groups in total. The van der Waals surface area contributed by atoms with Gasteiger partial charge in [-0.2, -0.15) is 0 Å². The molecule has 3 rings (SSSR count). The molecular weight excluding hydrogens is 555 g/mol. The average Bonchev–Trinajstić information content (AvgIpc) is 2.96. The lowest BCUT2D eigenvalue weighted by atomic mass is 10.0. The molecule has 0 aliphatic carbocycles. The Hall–Kier alpha value is -1.69. The standard InChI is InChI=1S/C37H52P.BrH/c1-34(2)26-18-13-11-9-7-5-3-4-6-8-10-12-14-25-33-38(35-27-19-15-20-28-35,36-29-21-16-22-30-36)37-31-23-17-24-32-37;/h15-24,26-32,34H,3-14,25,33H2,1-2H3;1H/q+1;/p-1/b26-18+;. The van der Waals surface area contributed by atoms with E-state index in [1.54, 1.807) is 0 Å². The van der Waals surface area contributed by atoms with Gasteiger partial charge in [-0.1, -0.05) is 138 Å². The van der Waals surface area contributed by atoms with Crippen molar-refractivity contribution in [3.63, 3.8) is 0 Å². The van der Waals surface area contributed by atoms with Crippen LogP contribution in [0.2, 0.25) is 0 Å². The summed E-state index contributed by atoms with van der Waals surface area (Å²) in [6.07, 6.45) is 24.0. The van der Waals surface area contributed by atoms with Crippen molar-refractivity contribution in [1.82, 2.24) is 0 Å². The molecule has 0 unspecified atom stereocenters. The summed E-state index contributed by atoms with van der Waals surface area (Å²) in [5, 5.41) is 4.55. The van der Waals surface area contributed by atoms with Crippen molar-refractivity contribution < 1.29 is 17.0 Å². The molecule has 0 saturated heterocycles. The van der Waals surface area contributed by atoms with E-state index in [2.05, 4.69) is 117 Å². The van der Waals surface area contributed by atoms with Gasteiger partial charge in [-0.25, -0.2) is 0 Å². The van der Waals surface area contributed by atoms with Crippen LogP contribution >= 0.6 is 7.26 Å². The van der Waals surface area contributed by atoms with Crippen LogP contribution in [0.5, 0.6) is 0 Å². The molecule has 0 saturated carbocycles. The fourth-order valence-corrected chi connectivity index (χ4v) is 10.0. The Morgan fingerprint density at radius 1 is 0.487 bits per heavy atom. The van der Waals surface area contributed by atoms with Crippen molar-refractivity contribution in [2.24, 2.45) is 5.92 Å². The highest BCUT2D eigenvalue weighted by atomic mass is 79.9. The Morgan fingerprint density at radius 3 is 1.18 bits per heavy atom. The van der Waals surface area contributed by atoms with Crippen LogP contribution in [0.15, 0.2) is 103 Å². The van der Waals surface area contributed by atoms with Gasteiger partial charge in [0, 0.05) is 0 Å². The predicted octanol–water partition coefficient (Wildman–Crippen LogP) is 7.27. The lowest BCUT2D eigenvalue weighted by Crippen LogP contribution is -3.00. The largest absolute Gasteiger partial charge is 1.00 e. The van der Waals surface area contributed by atoms with Crippen LogP contribution in [0.3, 0.4) is 0 Å². The first kappa shape index (κ1) is 33.5. The number of hydrogen-bond donors (Lipinski definition) is 0. The fourth-order valence-electron chi connectivity index (χ4n) is 5.63. The highest BCUT2D eigenvalue weighted by molar-refractivity contribution is 7.95.